The molecule has 0 aromatic rings. The van der Waals surface area contributed by atoms with Gasteiger partial charge in [-0.1, -0.05) is 13.3 Å². The smallest absolute Gasteiger partial charge is 0.853 e. The normalized spacial score (nSPS) is 21.1. The molecule has 0 aromatic carbocycles. The maximum atomic E-state index is 9.60. The van der Waals surface area contributed by atoms with Gasteiger partial charge in [0.25, 0.3) is 0 Å². The number of hydrogen-bond donors (Lipinski definition) is 2. The SMILES string of the molecule is C1CO1.C1CO1.CC1CO1.CC1CO1.CCCCO.[K+].[O-]CCOCCO. The molecule has 4 fully saturated rings. The quantitative estimate of drug-likeness (QED) is 0.263. The first-order valence-electron chi connectivity index (χ1n) is 9.38. The molecule has 0 saturated carbocycles. The van der Waals surface area contributed by atoms with Gasteiger partial charge in [0.1, 0.15) is 0 Å². The second-order valence-electron chi connectivity index (χ2n) is 5.63. The van der Waals surface area contributed by atoms with Crippen LogP contribution in [-0.2, 0) is 23.7 Å². The van der Waals surface area contributed by atoms with Crippen molar-refractivity contribution in [1.29, 1.82) is 0 Å². The van der Waals surface area contributed by atoms with E-state index in [9.17, 15) is 5.11 Å². The maximum absolute atomic E-state index is 9.60. The number of epoxide rings is 4. The summed E-state index contributed by atoms with van der Waals surface area (Å²) in [6.07, 6.45) is 3.20. The van der Waals surface area contributed by atoms with E-state index in [4.69, 9.17) is 19.7 Å². The van der Waals surface area contributed by atoms with Gasteiger partial charge in [-0.2, -0.15) is 0 Å². The average Bonchev–Trinajstić information content (AvgIpc) is 3.44. The van der Waals surface area contributed by atoms with Gasteiger partial charge in [0.05, 0.1) is 65.1 Å². The summed E-state index contributed by atoms with van der Waals surface area (Å²) in [5, 5.41) is 25.7. The molecule has 27 heavy (non-hydrogen) atoms. The molecule has 0 aromatic heterocycles. The van der Waals surface area contributed by atoms with Gasteiger partial charge in [-0.25, -0.2) is 0 Å². The molecular weight excluding hydrogens is 383 g/mol. The molecule has 4 heterocycles. The van der Waals surface area contributed by atoms with E-state index in [-0.39, 0.29) is 77.8 Å². The monoisotopic (exact) mass is 422 g/mol. The molecule has 0 bridgehead atoms. The van der Waals surface area contributed by atoms with Gasteiger partial charge in [0.15, 0.2) is 0 Å². The van der Waals surface area contributed by atoms with Crippen LogP contribution in [0.5, 0.6) is 0 Å². The molecule has 2 N–H and O–H groups in total. The molecule has 4 aliphatic heterocycles. The van der Waals surface area contributed by atoms with Crippen molar-refractivity contribution < 1.29 is 90.4 Å². The Balaban J connectivity index is -0.000000259. The van der Waals surface area contributed by atoms with E-state index < -0.39 is 0 Å². The Kier molecular flexibility index (Phi) is 36.0. The van der Waals surface area contributed by atoms with Crippen LogP contribution in [0.1, 0.15) is 33.6 Å². The molecule has 4 rings (SSSR count). The average molecular weight is 423 g/mol. The number of ether oxygens (including phenoxy) is 5. The van der Waals surface area contributed by atoms with Gasteiger partial charge in [-0.15, -0.1) is 6.61 Å². The standard InChI is InChI=1S/C4H9O3.C4H10O.2C3H6O.2C2H4O.K/c5-1-3-7-4-2-6;1-2-3-4-5;2*1-3-2-4-3;2*1-2-3-1;/h5H,1-4H2;5H,2-4H2,1H3;2*3H,2H2,1H3;2*1-2H2;/q-1;;;;;;+1. The van der Waals surface area contributed by atoms with E-state index in [1.165, 1.54) is 0 Å². The van der Waals surface area contributed by atoms with Gasteiger partial charge in [-0.3, -0.25) is 0 Å². The summed E-state index contributed by atoms with van der Waals surface area (Å²) in [7, 11) is 0. The predicted octanol–water partition coefficient (Wildman–Crippen LogP) is -3.02. The minimum Gasteiger partial charge on any atom is -0.853 e. The van der Waals surface area contributed by atoms with Crippen LogP contribution in [0, 0.1) is 0 Å². The van der Waals surface area contributed by atoms with Crippen molar-refractivity contribution in [1.82, 2.24) is 0 Å². The molecule has 8 nitrogen and oxygen atoms in total. The molecule has 4 aliphatic rings. The van der Waals surface area contributed by atoms with Gasteiger partial charge >= 0.3 is 51.4 Å². The zero-order chi connectivity index (χ0) is 19.9. The first-order chi connectivity index (χ1) is 12.6. The Morgan fingerprint density at radius 1 is 0.889 bits per heavy atom. The second kappa shape index (κ2) is 29.5. The zero-order valence-electron chi connectivity index (χ0n) is 17.7. The summed E-state index contributed by atoms with van der Waals surface area (Å²) >= 11 is 0. The van der Waals surface area contributed by atoms with Crippen LogP contribution in [-0.4, -0.2) is 95.1 Å². The third-order valence-electron chi connectivity index (χ3n) is 2.38. The van der Waals surface area contributed by atoms with Crippen LogP contribution in [0.15, 0.2) is 0 Å². The fourth-order valence-corrected chi connectivity index (χ4v) is 0.576. The Bertz CT molecular complexity index is 210. The summed E-state index contributed by atoms with van der Waals surface area (Å²) in [4.78, 5) is 0. The van der Waals surface area contributed by atoms with E-state index in [0.29, 0.717) is 18.8 Å². The Morgan fingerprint density at radius 3 is 1.37 bits per heavy atom. The molecule has 0 spiro atoms. The zero-order valence-corrected chi connectivity index (χ0v) is 20.8. The molecular formula is C18H39KO8. The molecule has 0 aliphatic carbocycles. The Morgan fingerprint density at radius 2 is 1.26 bits per heavy atom. The van der Waals surface area contributed by atoms with Crippen molar-refractivity contribution in [2.24, 2.45) is 0 Å². The van der Waals surface area contributed by atoms with Gasteiger partial charge < -0.3 is 39.0 Å². The minimum atomic E-state index is -0.222. The fraction of sp³-hybridized carbons (Fsp3) is 1.00. The Labute approximate surface area is 207 Å². The second-order valence-corrected chi connectivity index (χ2v) is 5.63. The van der Waals surface area contributed by atoms with E-state index in [1.807, 2.05) is 0 Å². The van der Waals surface area contributed by atoms with E-state index in [1.54, 1.807) is 0 Å². The topological polar surface area (TPSA) is 123 Å². The number of rotatable bonds is 6. The summed E-state index contributed by atoms with van der Waals surface area (Å²) < 4.78 is 23.0. The van der Waals surface area contributed by atoms with Crippen LogP contribution >= 0.6 is 0 Å². The third-order valence-corrected chi connectivity index (χ3v) is 2.38. The fourth-order valence-electron chi connectivity index (χ4n) is 0.576. The molecule has 0 amide bonds. The number of hydrogen-bond acceptors (Lipinski definition) is 8. The van der Waals surface area contributed by atoms with Crippen LogP contribution in [0.25, 0.3) is 0 Å². The van der Waals surface area contributed by atoms with Crippen LogP contribution < -0.4 is 56.5 Å². The summed E-state index contributed by atoms with van der Waals surface area (Å²) in [6.45, 7) is 12.7. The van der Waals surface area contributed by atoms with Crippen molar-refractivity contribution in [2.75, 3.05) is 72.7 Å². The Hall–Kier alpha value is 1.32. The number of aliphatic hydroxyl groups excluding tert-OH is 2. The largest absolute Gasteiger partial charge is 1.00 e. The van der Waals surface area contributed by atoms with Crippen LogP contribution in [0.4, 0.5) is 0 Å². The van der Waals surface area contributed by atoms with Crippen molar-refractivity contribution in [3.05, 3.63) is 0 Å². The summed E-state index contributed by atoms with van der Waals surface area (Å²) in [5.74, 6) is 0. The molecule has 2 unspecified atom stereocenters. The minimum absolute atomic E-state index is 0. The van der Waals surface area contributed by atoms with E-state index in [0.717, 1.165) is 52.5 Å². The third kappa shape index (κ3) is 74.6. The van der Waals surface area contributed by atoms with E-state index in [2.05, 4.69) is 35.0 Å². The molecule has 2 atom stereocenters. The van der Waals surface area contributed by atoms with Crippen molar-refractivity contribution in [3.8, 4) is 0 Å². The van der Waals surface area contributed by atoms with E-state index >= 15 is 0 Å². The molecule has 9 heteroatoms. The summed E-state index contributed by atoms with van der Waals surface area (Å²) in [6, 6.07) is 0. The molecule has 160 valence electrons. The maximum Gasteiger partial charge on any atom is 1.00 e. The van der Waals surface area contributed by atoms with Gasteiger partial charge in [0, 0.05) is 13.2 Å². The molecule has 0 radical (unpaired) electrons. The summed E-state index contributed by atoms with van der Waals surface area (Å²) in [5.41, 5.74) is 0. The number of unbranched alkanes of at least 4 members (excludes halogenated alkanes) is 1. The molecule has 4 saturated heterocycles. The van der Waals surface area contributed by atoms with Gasteiger partial charge in [-0.05, 0) is 20.3 Å². The number of aliphatic hydroxyl groups is 2. The van der Waals surface area contributed by atoms with Crippen LogP contribution in [0.2, 0.25) is 0 Å². The van der Waals surface area contributed by atoms with Crippen LogP contribution in [0.3, 0.4) is 0 Å². The van der Waals surface area contributed by atoms with Crippen molar-refractivity contribution in [3.63, 3.8) is 0 Å². The first-order valence-corrected chi connectivity index (χ1v) is 9.38. The predicted molar refractivity (Wildman–Crippen MR) is 97.2 cm³/mol. The first kappa shape index (κ1) is 33.0. The van der Waals surface area contributed by atoms with Gasteiger partial charge in [0.2, 0.25) is 0 Å². The van der Waals surface area contributed by atoms with Crippen molar-refractivity contribution >= 4 is 0 Å². The van der Waals surface area contributed by atoms with Crippen molar-refractivity contribution in [2.45, 2.75) is 45.8 Å².